The maximum Gasteiger partial charge on any atom is 0.325 e. The van der Waals surface area contributed by atoms with E-state index in [1.165, 1.54) is 0 Å². The Kier molecular flexibility index (Phi) is 6.55. The van der Waals surface area contributed by atoms with E-state index in [-0.39, 0.29) is 24.7 Å². The van der Waals surface area contributed by atoms with Gasteiger partial charge < -0.3 is 19.8 Å². The monoisotopic (exact) mass is 451 g/mol. The zero-order valence-electron chi connectivity index (χ0n) is 18.4. The fourth-order valence-corrected chi connectivity index (χ4v) is 3.46. The number of nitrogens with one attached hydrogen (secondary N) is 3. The zero-order chi connectivity index (χ0) is 23.4. The molecule has 0 atom stereocenters. The number of carbonyl (C=O) groups is 2. The topological polar surface area (TPSA) is 126 Å². The van der Waals surface area contributed by atoms with Gasteiger partial charge in [-0.3, -0.25) is 19.8 Å². The maximum absolute atomic E-state index is 12.5. The smallest absolute Gasteiger partial charge is 0.325 e. The lowest BCUT2D eigenvalue weighted by molar-refractivity contribution is -0.121. The second-order valence-electron chi connectivity index (χ2n) is 7.89. The molecular weight excluding hydrogens is 426 g/mol. The number of imide groups is 1. The summed E-state index contributed by atoms with van der Waals surface area (Å²) in [5.74, 6) is 1.10. The number of urea groups is 1. The molecule has 172 valence electrons. The van der Waals surface area contributed by atoms with Crippen LogP contribution in [0.4, 0.5) is 10.5 Å². The largest absolute Gasteiger partial charge is 0.486 e. The predicted molar refractivity (Wildman–Crippen MR) is 123 cm³/mol. The molecule has 1 aromatic heterocycles. The van der Waals surface area contributed by atoms with Crippen LogP contribution in [0.1, 0.15) is 19.7 Å². The number of para-hydroxylation sites is 1. The van der Waals surface area contributed by atoms with E-state index in [4.69, 9.17) is 9.47 Å². The minimum atomic E-state index is -0.655. The summed E-state index contributed by atoms with van der Waals surface area (Å²) in [6.45, 7) is 4.94. The number of H-pyrrole nitrogens is 1. The average Bonchev–Trinajstić information content (AvgIpc) is 2.78. The molecule has 0 aliphatic carbocycles. The van der Waals surface area contributed by atoms with Crippen molar-refractivity contribution >= 4 is 28.5 Å². The van der Waals surface area contributed by atoms with E-state index in [0.29, 0.717) is 47.1 Å². The minimum absolute atomic E-state index is 0.0339. The van der Waals surface area contributed by atoms with Crippen LogP contribution in [0.25, 0.3) is 10.9 Å². The zero-order valence-corrected chi connectivity index (χ0v) is 18.4. The first-order chi connectivity index (χ1) is 15.9. The van der Waals surface area contributed by atoms with Gasteiger partial charge in [-0.25, -0.2) is 9.78 Å². The van der Waals surface area contributed by atoms with Crippen LogP contribution in [-0.2, 0) is 11.3 Å². The summed E-state index contributed by atoms with van der Waals surface area (Å²) in [6.07, 6.45) is 0. The Labute approximate surface area is 189 Å². The number of anilines is 1. The van der Waals surface area contributed by atoms with Crippen LogP contribution >= 0.6 is 0 Å². The van der Waals surface area contributed by atoms with Crippen molar-refractivity contribution in [3.8, 4) is 11.5 Å². The first kappa shape index (κ1) is 22.3. The van der Waals surface area contributed by atoms with E-state index in [2.05, 4.69) is 20.6 Å². The summed E-state index contributed by atoms with van der Waals surface area (Å²) in [7, 11) is 0. The molecule has 2 heterocycles. The van der Waals surface area contributed by atoms with Crippen LogP contribution < -0.4 is 25.7 Å². The fourth-order valence-electron chi connectivity index (χ4n) is 3.46. The highest BCUT2D eigenvalue weighted by Gasteiger charge is 2.19. The molecular formula is C23H25N5O5. The van der Waals surface area contributed by atoms with E-state index < -0.39 is 11.9 Å². The lowest BCUT2D eigenvalue weighted by Gasteiger charge is -2.25. The summed E-state index contributed by atoms with van der Waals surface area (Å²) in [4.78, 5) is 46.2. The molecule has 0 unspecified atom stereocenters. The van der Waals surface area contributed by atoms with Crippen molar-refractivity contribution < 1.29 is 19.1 Å². The van der Waals surface area contributed by atoms with Crippen molar-refractivity contribution in [2.75, 3.05) is 25.1 Å². The quantitative estimate of drug-likeness (QED) is 0.525. The summed E-state index contributed by atoms with van der Waals surface area (Å²) < 4.78 is 10.9. The maximum atomic E-state index is 12.5. The number of ether oxygens (including phenoxy) is 2. The van der Waals surface area contributed by atoms with Crippen molar-refractivity contribution in [3.63, 3.8) is 0 Å². The Morgan fingerprint density at radius 1 is 1.12 bits per heavy atom. The number of hydrogen-bond acceptors (Lipinski definition) is 7. The van der Waals surface area contributed by atoms with Gasteiger partial charge in [0.2, 0.25) is 5.91 Å². The first-order valence-electron chi connectivity index (χ1n) is 10.6. The third-order valence-corrected chi connectivity index (χ3v) is 5.14. The van der Waals surface area contributed by atoms with Gasteiger partial charge in [0.25, 0.3) is 5.56 Å². The Bertz CT molecular complexity index is 1240. The van der Waals surface area contributed by atoms with Crippen LogP contribution in [0.5, 0.6) is 11.5 Å². The van der Waals surface area contributed by atoms with Crippen molar-refractivity contribution in [1.82, 2.24) is 20.2 Å². The Hall–Kier alpha value is -3.92. The average molecular weight is 451 g/mol. The van der Waals surface area contributed by atoms with Crippen molar-refractivity contribution in [1.29, 1.82) is 0 Å². The number of aromatic nitrogens is 2. The summed E-state index contributed by atoms with van der Waals surface area (Å²) in [5, 5.41) is 5.45. The highest BCUT2D eigenvalue weighted by Crippen LogP contribution is 2.32. The van der Waals surface area contributed by atoms with Crippen molar-refractivity contribution in [3.05, 3.63) is 58.6 Å². The molecule has 4 rings (SSSR count). The van der Waals surface area contributed by atoms with Crippen LogP contribution in [0.15, 0.2) is 47.3 Å². The van der Waals surface area contributed by atoms with Crippen LogP contribution in [0.2, 0.25) is 0 Å². The molecule has 1 aliphatic rings. The minimum Gasteiger partial charge on any atom is -0.486 e. The predicted octanol–water partition coefficient (Wildman–Crippen LogP) is 2.25. The number of fused-ring (bicyclic) bond motifs is 2. The van der Waals surface area contributed by atoms with Gasteiger partial charge >= 0.3 is 6.03 Å². The second kappa shape index (κ2) is 9.70. The fraction of sp³-hybridized carbons (Fsp3) is 0.304. The molecule has 0 fully saturated rings. The number of benzene rings is 2. The Balaban J connectivity index is 1.37. The van der Waals surface area contributed by atoms with Crippen molar-refractivity contribution in [2.45, 2.75) is 26.4 Å². The van der Waals surface area contributed by atoms with Gasteiger partial charge in [-0.15, -0.1) is 0 Å². The third-order valence-electron chi connectivity index (χ3n) is 5.14. The van der Waals surface area contributed by atoms with E-state index >= 15 is 0 Å². The van der Waals surface area contributed by atoms with Gasteiger partial charge in [0.15, 0.2) is 11.5 Å². The highest BCUT2D eigenvalue weighted by molar-refractivity contribution is 6.01. The molecule has 0 saturated carbocycles. The highest BCUT2D eigenvalue weighted by atomic mass is 16.6. The molecule has 10 heteroatoms. The molecule has 1 aliphatic heterocycles. The molecule has 3 aromatic rings. The number of hydrogen-bond donors (Lipinski definition) is 3. The number of carbonyl (C=O) groups excluding carboxylic acids is 2. The molecule has 0 spiro atoms. The lowest BCUT2D eigenvalue weighted by atomic mass is 10.2. The Morgan fingerprint density at radius 3 is 2.67 bits per heavy atom. The summed E-state index contributed by atoms with van der Waals surface area (Å²) >= 11 is 0. The molecule has 3 N–H and O–H groups in total. The molecule has 3 amide bonds. The standard InChI is InChI=1S/C23H25N5O5/c1-14(2)28(12-20-25-17-6-4-3-5-16(17)22(30)26-20)13-21(29)27-23(31)24-15-7-8-18-19(11-15)33-10-9-32-18/h3-8,11,14H,9-10,12-13H2,1-2H3,(H,25,26,30)(H2,24,27,29,31). The summed E-state index contributed by atoms with van der Waals surface area (Å²) in [6, 6.07) is 11.4. The Morgan fingerprint density at radius 2 is 1.88 bits per heavy atom. The van der Waals surface area contributed by atoms with Gasteiger partial charge in [0.05, 0.1) is 24.0 Å². The number of rotatable bonds is 6. The molecule has 0 radical (unpaired) electrons. The van der Waals surface area contributed by atoms with E-state index in [9.17, 15) is 14.4 Å². The molecule has 10 nitrogen and oxygen atoms in total. The molecule has 0 bridgehead atoms. The number of aromatic amines is 1. The first-order valence-corrected chi connectivity index (χ1v) is 10.6. The molecule has 33 heavy (non-hydrogen) atoms. The van der Waals surface area contributed by atoms with Gasteiger partial charge in [0, 0.05) is 17.8 Å². The van der Waals surface area contributed by atoms with E-state index in [0.717, 1.165) is 0 Å². The van der Waals surface area contributed by atoms with Gasteiger partial charge in [-0.1, -0.05) is 12.1 Å². The van der Waals surface area contributed by atoms with Gasteiger partial charge in [-0.05, 0) is 38.1 Å². The van der Waals surface area contributed by atoms with Crippen LogP contribution in [-0.4, -0.2) is 52.6 Å². The number of amides is 3. The SMILES string of the molecule is CC(C)N(CC(=O)NC(=O)Nc1ccc2c(c1)OCCO2)Cc1nc2ccccc2c(=O)[nH]1. The van der Waals surface area contributed by atoms with E-state index in [1.807, 2.05) is 19.9 Å². The van der Waals surface area contributed by atoms with E-state index in [1.54, 1.807) is 41.3 Å². The van der Waals surface area contributed by atoms with Gasteiger partial charge in [0.1, 0.15) is 19.0 Å². The normalized spacial score (nSPS) is 12.7. The third kappa shape index (κ3) is 5.47. The lowest BCUT2D eigenvalue weighted by Crippen LogP contribution is -2.44. The number of nitrogens with zero attached hydrogens (tertiary/aromatic N) is 2. The summed E-state index contributed by atoms with van der Waals surface area (Å²) in [5.41, 5.74) is 0.828. The molecule has 2 aromatic carbocycles. The van der Waals surface area contributed by atoms with Crippen LogP contribution in [0.3, 0.4) is 0 Å². The van der Waals surface area contributed by atoms with Crippen LogP contribution in [0, 0.1) is 0 Å². The van der Waals surface area contributed by atoms with Gasteiger partial charge in [-0.2, -0.15) is 0 Å². The molecule has 0 saturated heterocycles. The van der Waals surface area contributed by atoms with Crippen molar-refractivity contribution in [2.24, 2.45) is 0 Å². The second-order valence-corrected chi connectivity index (χ2v) is 7.89.